The molecule has 0 saturated carbocycles. The minimum absolute atomic E-state index is 0.0126. The molecule has 3 rings (SSSR count). The molecule has 1 aromatic carbocycles. The maximum atomic E-state index is 12.2. The van der Waals surface area contributed by atoms with E-state index in [0.717, 1.165) is 44.0 Å². The van der Waals surface area contributed by atoms with Gasteiger partial charge in [-0.15, -0.1) is 0 Å². The Labute approximate surface area is 137 Å². The van der Waals surface area contributed by atoms with Gasteiger partial charge in [0.15, 0.2) is 0 Å². The third-order valence-electron chi connectivity index (χ3n) is 4.49. The fourth-order valence-corrected chi connectivity index (χ4v) is 3.09. The monoisotopic (exact) mass is 319 g/mol. The summed E-state index contributed by atoms with van der Waals surface area (Å²) in [4.78, 5) is 14.5. The van der Waals surface area contributed by atoms with Crippen molar-refractivity contribution in [1.29, 1.82) is 0 Å². The van der Waals surface area contributed by atoms with Crippen molar-refractivity contribution in [2.75, 3.05) is 39.5 Å². The number of para-hydroxylation sites is 1. The van der Waals surface area contributed by atoms with Crippen molar-refractivity contribution in [1.82, 2.24) is 15.5 Å². The third kappa shape index (κ3) is 4.14. The van der Waals surface area contributed by atoms with Crippen molar-refractivity contribution in [3.05, 3.63) is 29.8 Å². The van der Waals surface area contributed by atoms with Gasteiger partial charge in [-0.2, -0.15) is 0 Å². The van der Waals surface area contributed by atoms with E-state index in [9.17, 15) is 4.79 Å². The number of carbonyl (C=O) groups is 1. The van der Waals surface area contributed by atoms with Crippen molar-refractivity contribution in [2.45, 2.75) is 25.4 Å². The summed E-state index contributed by atoms with van der Waals surface area (Å²) in [6.45, 7) is 6.80. The number of rotatable bonds is 4. The highest BCUT2D eigenvalue weighted by Crippen LogP contribution is 2.31. The summed E-state index contributed by atoms with van der Waals surface area (Å²) in [6.07, 6.45) is 0.795. The van der Waals surface area contributed by atoms with Crippen molar-refractivity contribution in [3.8, 4) is 5.75 Å². The van der Waals surface area contributed by atoms with Gasteiger partial charge in [0, 0.05) is 37.7 Å². The van der Waals surface area contributed by atoms with Gasteiger partial charge in [-0.1, -0.05) is 18.2 Å². The van der Waals surface area contributed by atoms with Crippen molar-refractivity contribution < 1.29 is 14.3 Å². The van der Waals surface area contributed by atoms with E-state index in [0.29, 0.717) is 19.2 Å². The SMILES string of the molecule is C[C@H](CNC(=O)N[C@H]1CCOc2ccccc21)N1CCOCC1. The zero-order valence-electron chi connectivity index (χ0n) is 13.6. The minimum Gasteiger partial charge on any atom is -0.493 e. The molecule has 2 aliphatic rings. The van der Waals surface area contributed by atoms with Crippen LogP contribution < -0.4 is 15.4 Å². The van der Waals surface area contributed by atoms with Gasteiger partial charge in [0.1, 0.15) is 5.75 Å². The molecule has 23 heavy (non-hydrogen) atoms. The topological polar surface area (TPSA) is 62.8 Å². The molecule has 6 heteroatoms. The summed E-state index contributed by atoms with van der Waals surface area (Å²) >= 11 is 0. The van der Waals surface area contributed by atoms with Crippen LogP contribution in [-0.2, 0) is 4.74 Å². The smallest absolute Gasteiger partial charge is 0.315 e. The Bertz CT molecular complexity index is 532. The highest BCUT2D eigenvalue weighted by molar-refractivity contribution is 5.74. The maximum absolute atomic E-state index is 12.2. The molecular weight excluding hydrogens is 294 g/mol. The number of fused-ring (bicyclic) bond motifs is 1. The zero-order chi connectivity index (χ0) is 16.1. The van der Waals surface area contributed by atoms with Crippen LogP contribution in [0.5, 0.6) is 5.75 Å². The van der Waals surface area contributed by atoms with Crippen LogP contribution in [0.4, 0.5) is 4.79 Å². The average molecular weight is 319 g/mol. The Kier molecular flexibility index (Phi) is 5.35. The van der Waals surface area contributed by atoms with Gasteiger partial charge < -0.3 is 20.1 Å². The van der Waals surface area contributed by atoms with Crippen LogP contribution in [0, 0.1) is 0 Å². The quantitative estimate of drug-likeness (QED) is 0.883. The van der Waals surface area contributed by atoms with Gasteiger partial charge in [0.25, 0.3) is 0 Å². The van der Waals surface area contributed by atoms with E-state index in [1.54, 1.807) is 0 Å². The molecule has 1 saturated heterocycles. The van der Waals surface area contributed by atoms with E-state index in [2.05, 4.69) is 22.5 Å². The molecule has 2 aliphatic heterocycles. The highest BCUT2D eigenvalue weighted by atomic mass is 16.5. The van der Waals surface area contributed by atoms with E-state index >= 15 is 0 Å². The van der Waals surface area contributed by atoms with E-state index in [-0.39, 0.29) is 12.1 Å². The van der Waals surface area contributed by atoms with E-state index < -0.39 is 0 Å². The molecular formula is C17H25N3O3. The van der Waals surface area contributed by atoms with Crippen LogP contribution in [0.2, 0.25) is 0 Å². The highest BCUT2D eigenvalue weighted by Gasteiger charge is 2.23. The van der Waals surface area contributed by atoms with Crippen LogP contribution >= 0.6 is 0 Å². The normalized spacial score (nSPS) is 22.6. The van der Waals surface area contributed by atoms with Gasteiger partial charge >= 0.3 is 6.03 Å². The molecule has 2 amide bonds. The average Bonchev–Trinajstić information content (AvgIpc) is 2.61. The van der Waals surface area contributed by atoms with Gasteiger partial charge in [-0.05, 0) is 13.0 Å². The second kappa shape index (κ2) is 7.66. The molecule has 126 valence electrons. The van der Waals surface area contributed by atoms with Crippen LogP contribution in [-0.4, -0.2) is 56.4 Å². The summed E-state index contributed by atoms with van der Waals surface area (Å²) in [5.41, 5.74) is 1.05. The number of ether oxygens (including phenoxy) is 2. The first-order valence-corrected chi connectivity index (χ1v) is 8.32. The Balaban J connectivity index is 1.48. The van der Waals surface area contributed by atoms with Crippen molar-refractivity contribution >= 4 is 6.03 Å². The second-order valence-corrected chi connectivity index (χ2v) is 6.08. The predicted molar refractivity (Wildman–Crippen MR) is 87.7 cm³/mol. The Morgan fingerprint density at radius 3 is 2.91 bits per heavy atom. The summed E-state index contributed by atoms with van der Waals surface area (Å²) in [5.74, 6) is 0.866. The number of carbonyl (C=O) groups excluding carboxylic acids is 1. The third-order valence-corrected chi connectivity index (χ3v) is 4.49. The molecule has 0 radical (unpaired) electrons. The number of hydrogen-bond acceptors (Lipinski definition) is 4. The largest absolute Gasteiger partial charge is 0.493 e. The van der Waals surface area contributed by atoms with E-state index in [4.69, 9.17) is 9.47 Å². The molecule has 0 spiro atoms. The summed E-state index contributed by atoms with van der Waals surface area (Å²) < 4.78 is 11.0. The summed E-state index contributed by atoms with van der Waals surface area (Å²) in [7, 11) is 0. The number of amides is 2. The van der Waals surface area contributed by atoms with Gasteiger partial charge in [-0.25, -0.2) is 4.79 Å². The number of hydrogen-bond donors (Lipinski definition) is 2. The first-order chi connectivity index (χ1) is 11.2. The molecule has 0 aromatic heterocycles. The van der Waals surface area contributed by atoms with Gasteiger partial charge in [0.05, 0.1) is 25.9 Å². The molecule has 6 nitrogen and oxygen atoms in total. The minimum atomic E-state index is -0.119. The molecule has 0 bridgehead atoms. The van der Waals surface area contributed by atoms with Crippen LogP contribution in [0.3, 0.4) is 0 Å². The van der Waals surface area contributed by atoms with Crippen molar-refractivity contribution in [2.24, 2.45) is 0 Å². The lowest BCUT2D eigenvalue weighted by Gasteiger charge is -2.32. The Morgan fingerprint density at radius 2 is 2.09 bits per heavy atom. The Morgan fingerprint density at radius 1 is 1.30 bits per heavy atom. The zero-order valence-corrected chi connectivity index (χ0v) is 13.6. The lowest BCUT2D eigenvalue weighted by molar-refractivity contribution is 0.0209. The number of benzene rings is 1. The van der Waals surface area contributed by atoms with Crippen molar-refractivity contribution in [3.63, 3.8) is 0 Å². The first-order valence-electron chi connectivity index (χ1n) is 8.32. The molecule has 1 aromatic rings. The molecule has 0 aliphatic carbocycles. The molecule has 0 unspecified atom stereocenters. The second-order valence-electron chi connectivity index (χ2n) is 6.08. The standard InChI is InChI=1S/C17H25N3O3/c1-13(20-7-10-22-11-8-20)12-18-17(21)19-15-6-9-23-16-5-3-2-4-14(15)16/h2-5,13,15H,6-12H2,1H3,(H2,18,19,21)/t13-,15+/m1/s1. The predicted octanol–water partition coefficient (Wildman–Crippen LogP) is 1.53. The van der Waals surface area contributed by atoms with Gasteiger partial charge in [0.2, 0.25) is 0 Å². The van der Waals surface area contributed by atoms with Crippen LogP contribution in [0.1, 0.15) is 24.9 Å². The molecule has 2 atom stereocenters. The summed E-state index contributed by atoms with van der Waals surface area (Å²) in [5, 5.41) is 6.04. The first kappa shape index (κ1) is 16.1. The van der Waals surface area contributed by atoms with E-state index in [1.165, 1.54) is 0 Å². The molecule has 2 heterocycles. The Hall–Kier alpha value is -1.79. The van der Waals surface area contributed by atoms with Crippen LogP contribution in [0.25, 0.3) is 0 Å². The summed E-state index contributed by atoms with van der Waals surface area (Å²) in [6, 6.07) is 8.08. The number of morpholine rings is 1. The van der Waals surface area contributed by atoms with E-state index in [1.807, 2.05) is 24.3 Å². The number of nitrogens with zero attached hydrogens (tertiary/aromatic N) is 1. The van der Waals surface area contributed by atoms with Gasteiger partial charge in [-0.3, -0.25) is 4.90 Å². The molecule has 2 N–H and O–H groups in total. The van der Waals surface area contributed by atoms with Crippen LogP contribution in [0.15, 0.2) is 24.3 Å². The lowest BCUT2D eigenvalue weighted by atomic mass is 10.0. The number of nitrogens with one attached hydrogen (secondary N) is 2. The molecule has 1 fully saturated rings. The fourth-order valence-electron chi connectivity index (χ4n) is 3.09. The lowest BCUT2D eigenvalue weighted by Crippen LogP contribution is -2.49. The number of urea groups is 1. The fraction of sp³-hybridized carbons (Fsp3) is 0.588. The maximum Gasteiger partial charge on any atom is 0.315 e.